The van der Waals surface area contributed by atoms with Crippen LogP contribution in [-0.4, -0.2) is 11.2 Å². The van der Waals surface area contributed by atoms with Crippen molar-refractivity contribution in [3.63, 3.8) is 0 Å². The van der Waals surface area contributed by atoms with Crippen molar-refractivity contribution in [2.24, 2.45) is 0 Å². The molecule has 1 heterocycles. The molecular formula is C28H24ClN3O3. The first-order valence-electron chi connectivity index (χ1n) is 11.2. The Labute approximate surface area is 209 Å². The number of nitrogens with zero attached hydrogens (tertiary/aromatic N) is 2. The predicted molar refractivity (Wildman–Crippen MR) is 135 cm³/mol. The minimum Gasteiger partial charge on any atom is -0.441 e. The van der Waals surface area contributed by atoms with Crippen LogP contribution in [0.3, 0.4) is 0 Å². The summed E-state index contributed by atoms with van der Waals surface area (Å²) in [5, 5.41) is 16.1. The molecule has 0 saturated heterocycles. The highest BCUT2D eigenvalue weighted by Crippen LogP contribution is 2.32. The summed E-state index contributed by atoms with van der Waals surface area (Å²) >= 11 is 6.21. The smallest absolute Gasteiger partial charge is 0.412 e. The summed E-state index contributed by atoms with van der Waals surface area (Å²) in [6.45, 7) is 3.52. The highest BCUT2D eigenvalue weighted by atomic mass is 35.5. The molecule has 176 valence electrons. The van der Waals surface area contributed by atoms with Crippen LogP contribution in [0.1, 0.15) is 41.0 Å². The molecule has 7 heteroatoms. The summed E-state index contributed by atoms with van der Waals surface area (Å²) < 4.78 is 11.0. The number of nitriles is 1. The lowest BCUT2D eigenvalue weighted by atomic mass is 10.0. The van der Waals surface area contributed by atoms with Gasteiger partial charge in [-0.1, -0.05) is 83.5 Å². The third-order valence-corrected chi connectivity index (χ3v) is 5.99. The molecule has 0 bridgehead atoms. The number of rotatable bonds is 7. The number of hydrogen-bond donors (Lipinski definition) is 1. The van der Waals surface area contributed by atoms with Gasteiger partial charge in [0.05, 0.1) is 12.5 Å². The predicted octanol–water partition coefficient (Wildman–Crippen LogP) is 7.27. The first kappa shape index (κ1) is 24.1. The molecule has 1 N–H and O–H groups in total. The Hall–Kier alpha value is -4.08. The van der Waals surface area contributed by atoms with Gasteiger partial charge >= 0.3 is 6.09 Å². The van der Waals surface area contributed by atoms with Crippen LogP contribution < -0.4 is 5.32 Å². The fraction of sp³-hybridized carbons (Fsp3) is 0.179. The fourth-order valence-corrected chi connectivity index (χ4v) is 4.04. The lowest BCUT2D eigenvalue weighted by molar-refractivity contribution is 0.121. The number of hydrogen-bond acceptors (Lipinski definition) is 5. The molecule has 0 fully saturated rings. The van der Waals surface area contributed by atoms with Crippen LogP contribution in [0.5, 0.6) is 0 Å². The summed E-state index contributed by atoms with van der Waals surface area (Å²) in [7, 11) is 0. The zero-order valence-electron chi connectivity index (χ0n) is 19.4. The second kappa shape index (κ2) is 10.9. The topological polar surface area (TPSA) is 88.2 Å². The van der Waals surface area contributed by atoms with Crippen molar-refractivity contribution in [3.05, 3.63) is 106 Å². The average Bonchev–Trinajstić information content (AvgIpc) is 3.21. The van der Waals surface area contributed by atoms with E-state index in [2.05, 4.69) is 16.5 Å². The van der Waals surface area contributed by atoms with Gasteiger partial charge in [-0.2, -0.15) is 5.26 Å². The van der Waals surface area contributed by atoms with Gasteiger partial charge < -0.3 is 9.26 Å². The third kappa shape index (κ3) is 5.89. The SMILES string of the molecule is Cc1noc(-c2ccc(Cc3ccc(CC#N)cc3)cc2)c1NC(=O)OC(C)c1ccccc1Cl. The fourth-order valence-electron chi connectivity index (χ4n) is 3.75. The zero-order chi connectivity index (χ0) is 24.8. The standard InChI is InChI=1S/C28H24ClN3O3/c1-18-26(31-28(33)34-19(2)24-5-3-4-6-25(24)29)27(35-32-18)23-13-11-22(12-14-23)17-21-9-7-20(8-10-21)15-16-30/h3-14,19H,15,17H2,1-2H3,(H,31,33). The van der Waals surface area contributed by atoms with Gasteiger partial charge in [0.1, 0.15) is 17.5 Å². The van der Waals surface area contributed by atoms with Crippen molar-refractivity contribution < 1.29 is 14.1 Å². The molecule has 4 rings (SSSR count). The van der Waals surface area contributed by atoms with E-state index in [1.165, 1.54) is 0 Å². The van der Waals surface area contributed by atoms with E-state index in [1.807, 2.05) is 66.7 Å². The Bertz CT molecular complexity index is 1360. The number of carbonyl (C=O) groups excluding carboxylic acids is 1. The van der Waals surface area contributed by atoms with Gasteiger partial charge in [0.15, 0.2) is 5.76 Å². The summed E-state index contributed by atoms with van der Waals surface area (Å²) in [5.74, 6) is 0.456. The summed E-state index contributed by atoms with van der Waals surface area (Å²) in [6, 6.07) is 25.3. The van der Waals surface area contributed by atoms with E-state index in [0.29, 0.717) is 28.6 Å². The number of anilines is 1. The number of benzene rings is 3. The average molecular weight is 486 g/mol. The van der Waals surface area contributed by atoms with E-state index in [-0.39, 0.29) is 0 Å². The molecule has 0 aliphatic rings. The third-order valence-electron chi connectivity index (χ3n) is 5.65. The Morgan fingerprint density at radius 3 is 2.34 bits per heavy atom. The first-order valence-corrected chi connectivity index (χ1v) is 11.5. The second-order valence-electron chi connectivity index (χ2n) is 8.19. The van der Waals surface area contributed by atoms with Gasteiger partial charge in [0, 0.05) is 16.1 Å². The molecule has 1 unspecified atom stereocenters. The maximum atomic E-state index is 12.6. The summed E-state index contributed by atoms with van der Waals surface area (Å²) in [6.07, 6.45) is 0.0240. The molecule has 1 amide bonds. The van der Waals surface area contributed by atoms with E-state index >= 15 is 0 Å². The molecule has 4 aromatic rings. The number of aryl methyl sites for hydroxylation is 1. The summed E-state index contributed by atoms with van der Waals surface area (Å²) in [5.41, 5.74) is 5.81. The summed E-state index contributed by atoms with van der Waals surface area (Å²) in [4.78, 5) is 12.6. The molecule has 3 aromatic carbocycles. The minimum atomic E-state index is -0.624. The second-order valence-corrected chi connectivity index (χ2v) is 8.60. The Kier molecular flexibility index (Phi) is 7.49. The maximum Gasteiger partial charge on any atom is 0.412 e. The molecule has 6 nitrogen and oxygen atoms in total. The van der Waals surface area contributed by atoms with Gasteiger partial charge in [-0.05, 0) is 43.0 Å². The van der Waals surface area contributed by atoms with Crippen molar-refractivity contribution in [1.29, 1.82) is 5.26 Å². The maximum absolute atomic E-state index is 12.6. The van der Waals surface area contributed by atoms with E-state index in [4.69, 9.17) is 26.1 Å². The van der Waals surface area contributed by atoms with Gasteiger partial charge in [0.25, 0.3) is 0 Å². The van der Waals surface area contributed by atoms with Crippen molar-refractivity contribution in [2.75, 3.05) is 5.32 Å². The van der Waals surface area contributed by atoms with Crippen LogP contribution in [0, 0.1) is 18.3 Å². The van der Waals surface area contributed by atoms with Crippen molar-refractivity contribution in [3.8, 4) is 17.4 Å². The number of halogens is 1. The lowest BCUT2D eigenvalue weighted by Crippen LogP contribution is -2.17. The van der Waals surface area contributed by atoms with Gasteiger partial charge in [-0.15, -0.1) is 0 Å². The Balaban J connectivity index is 1.44. The quantitative estimate of drug-likeness (QED) is 0.297. The molecule has 0 aliphatic heterocycles. The van der Waals surface area contributed by atoms with E-state index in [1.54, 1.807) is 19.9 Å². The molecule has 0 radical (unpaired) electrons. The zero-order valence-corrected chi connectivity index (χ0v) is 20.2. The molecular weight excluding hydrogens is 462 g/mol. The number of ether oxygens (including phenoxy) is 1. The van der Waals surface area contributed by atoms with Crippen LogP contribution in [0.2, 0.25) is 5.02 Å². The van der Waals surface area contributed by atoms with Crippen molar-refractivity contribution in [1.82, 2.24) is 5.16 Å². The number of carbonyl (C=O) groups is 1. The van der Waals surface area contributed by atoms with E-state index in [9.17, 15) is 4.79 Å². The molecule has 0 saturated carbocycles. The van der Waals surface area contributed by atoms with Crippen LogP contribution >= 0.6 is 11.6 Å². The largest absolute Gasteiger partial charge is 0.441 e. The van der Waals surface area contributed by atoms with E-state index < -0.39 is 12.2 Å². The number of aromatic nitrogens is 1. The van der Waals surface area contributed by atoms with Gasteiger partial charge in [-0.25, -0.2) is 4.79 Å². The number of amides is 1. The monoisotopic (exact) mass is 485 g/mol. The highest BCUT2D eigenvalue weighted by Gasteiger charge is 2.20. The molecule has 1 atom stereocenters. The van der Waals surface area contributed by atoms with Crippen LogP contribution in [0.15, 0.2) is 77.3 Å². The molecule has 0 spiro atoms. The van der Waals surface area contributed by atoms with Crippen molar-refractivity contribution in [2.45, 2.75) is 32.8 Å². The number of nitrogens with one attached hydrogen (secondary N) is 1. The van der Waals surface area contributed by atoms with Crippen LogP contribution in [0.4, 0.5) is 10.5 Å². The van der Waals surface area contributed by atoms with Crippen LogP contribution in [-0.2, 0) is 17.6 Å². The molecule has 1 aromatic heterocycles. The minimum absolute atomic E-state index is 0.411. The Morgan fingerprint density at radius 2 is 1.69 bits per heavy atom. The van der Waals surface area contributed by atoms with Gasteiger partial charge in [0.2, 0.25) is 0 Å². The molecule has 0 aliphatic carbocycles. The van der Waals surface area contributed by atoms with Crippen molar-refractivity contribution >= 4 is 23.4 Å². The normalized spacial score (nSPS) is 11.5. The van der Waals surface area contributed by atoms with E-state index in [0.717, 1.165) is 34.2 Å². The highest BCUT2D eigenvalue weighted by molar-refractivity contribution is 6.31. The first-order chi connectivity index (χ1) is 16.9. The van der Waals surface area contributed by atoms with Crippen LogP contribution in [0.25, 0.3) is 11.3 Å². The van der Waals surface area contributed by atoms with Gasteiger partial charge in [-0.3, -0.25) is 5.32 Å². The molecule has 35 heavy (non-hydrogen) atoms. The lowest BCUT2D eigenvalue weighted by Gasteiger charge is -2.15. The Morgan fingerprint density at radius 1 is 1.06 bits per heavy atom.